The van der Waals surface area contributed by atoms with Gasteiger partial charge in [-0.25, -0.2) is 0 Å². The summed E-state index contributed by atoms with van der Waals surface area (Å²) in [7, 11) is 0. The van der Waals surface area contributed by atoms with Crippen LogP contribution in [-0.2, 0) is 14.3 Å². The number of carbonyl (C=O) groups excluding carboxylic acids is 2. The van der Waals surface area contributed by atoms with Crippen LogP contribution in [0.3, 0.4) is 0 Å². The lowest BCUT2D eigenvalue weighted by Gasteiger charge is -2.44. The van der Waals surface area contributed by atoms with E-state index in [2.05, 4.69) is 0 Å². The van der Waals surface area contributed by atoms with E-state index in [9.17, 15) is 14.7 Å². The Balaban J connectivity index is 2.54. The fourth-order valence-corrected chi connectivity index (χ4v) is 4.07. The highest BCUT2D eigenvalue weighted by molar-refractivity contribution is 5.90. The largest absolute Gasteiger partial charge is 0.457 e. The lowest BCUT2D eigenvalue weighted by molar-refractivity contribution is -0.172. The molecule has 1 fully saturated rings. The van der Waals surface area contributed by atoms with Crippen LogP contribution in [0.25, 0.3) is 0 Å². The van der Waals surface area contributed by atoms with E-state index in [-0.39, 0.29) is 17.6 Å². The van der Waals surface area contributed by atoms with Crippen LogP contribution in [0.5, 0.6) is 0 Å². The van der Waals surface area contributed by atoms with Gasteiger partial charge < -0.3 is 9.84 Å². The molecular formula is C17H26O4. The Hall–Kier alpha value is -1.16. The van der Waals surface area contributed by atoms with Crippen molar-refractivity contribution in [3.63, 3.8) is 0 Å². The third kappa shape index (κ3) is 2.33. The number of hydrogen-bond acceptors (Lipinski definition) is 4. The first-order chi connectivity index (χ1) is 9.62. The molecule has 1 saturated carbocycles. The van der Waals surface area contributed by atoms with Crippen LogP contribution in [0, 0.1) is 17.3 Å². The number of ether oxygens (including phenoxy) is 1. The maximum Gasteiger partial charge on any atom is 0.303 e. The molecule has 0 bridgehead atoms. The smallest absolute Gasteiger partial charge is 0.303 e. The quantitative estimate of drug-likeness (QED) is 0.628. The minimum Gasteiger partial charge on any atom is -0.457 e. The van der Waals surface area contributed by atoms with Gasteiger partial charge in [-0.3, -0.25) is 9.59 Å². The monoisotopic (exact) mass is 294 g/mol. The van der Waals surface area contributed by atoms with Crippen molar-refractivity contribution in [2.45, 2.75) is 65.6 Å². The highest BCUT2D eigenvalue weighted by Crippen LogP contribution is 2.56. The summed E-state index contributed by atoms with van der Waals surface area (Å²) in [6.45, 7) is 9.14. The summed E-state index contributed by atoms with van der Waals surface area (Å²) in [5, 5.41) is 11.4. The number of ketones is 1. The zero-order chi connectivity index (χ0) is 16.0. The molecule has 118 valence electrons. The van der Waals surface area contributed by atoms with Gasteiger partial charge in [0.05, 0.1) is 11.0 Å². The van der Waals surface area contributed by atoms with Crippen LogP contribution in [-0.4, -0.2) is 28.6 Å². The minimum atomic E-state index is -1.12. The molecule has 1 N–H and O–H groups in total. The number of allylic oxidation sites excluding steroid dienone is 1. The Kier molecular flexibility index (Phi) is 4.04. The molecule has 0 heterocycles. The van der Waals surface area contributed by atoms with Crippen molar-refractivity contribution < 1.29 is 19.4 Å². The maximum absolute atomic E-state index is 12.7. The van der Waals surface area contributed by atoms with E-state index >= 15 is 0 Å². The number of aliphatic hydroxyl groups is 1. The maximum atomic E-state index is 12.7. The fourth-order valence-electron chi connectivity index (χ4n) is 4.07. The average molecular weight is 294 g/mol. The van der Waals surface area contributed by atoms with E-state index in [1.807, 2.05) is 26.8 Å². The van der Waals surface area contributed by atoms with E-state index in [1.54, 1.807) is 6.92 Å². The first-order valence-electron chi connectivity index (χ1n) is 7.73. The molecule has 0 spiro atoms. The first-order valence-corrected chi connectivity index (χ1v) is 7.73. The van der Waals surface area contributed by atoms with Gasteiger partial charge in [0, 0.05) is 13.3 Å². The van der Waals surface area contributed by atoms with Crippen molar-refractivity contribution in [2.75, 3.05) is 0 Å². The van der Waals surface area contributed by atoms with Crippen LogP contribution in [0.4, 0.5) is 0 Å². The van der Waals surface area contributed by atoms with Crippen molar-refractivity contribution in [1.82, 2.24) is 0 Å². The van der Waals surface area contributed by atoms with Crippen LogP contribution in [0.15, 0.2) is 11.6 Å². The summed E-state index contributed by atoms with van der Waals surface area (Å²) in [5.74, 6) is -0.305. The predicted octanol–water partition coefficient (Wildman–Crippen LogP) is 2.64. The number of fused-ring (bicyclic) bond motifs is 1. The lowest BCUT2D eigenvalue weighted by atomic mass is 9.65. The Morgan fingerprint density at radius 3 is 2.62 bits per heavy atom. The molecule has 2 rings (SSSR count). The Morgan fingerprint density at radius 1 is 1.48 bits per heavy atom. The second-order valence-electron chi connectivity index (χ2n) is 7.15. The van der Waals surface area contributed by atoms with Gasteiger partial charge in [-0.05, 0) is 44.6 Å². The molecule has 2 aliphatic carbocycles. The van der Waals surface area contributed by atoms with Gasteiger partial charge in [-0.15, -0.1) is 0 Å². The van der Waals surface area contributed by atoms with Crippen molar-refractivity contribution in [3.8, 4) is 0 Å². The zero-order valence-electron chi connectivity index (χ0n) is 13.6. The number of rotatable bonds is 2. The summed E-state index contributed by atoms with van der Waals surface area (Å²) in [6, 6.07) is 0. The molecule has 0 aromatic rings. The highest BCUT2D eigenvalue weighted by Gasteiger charge is 2.66. The topological polar surface area (TPSA) is 63.6 Å². The molecule has 0 saturated heterocycles. The van der Waals surface area contributed by atoms with E-state index in [4.69, 9.17) is 4.74 Å². The van der Waals surface area contributed by atoms with Crippen molar-refractivity contribution >= 4 is 11.8 Å². The van der Waals surface area contributed by atoms with Crippen molar-refractivity contribution in [2.24, 2.45) is 17.3 Å². The molecule has 4 nitrogen and oxygen atoms in total. The van der Waals surface area contributed by atoms with Gasteiger partial charge in [0.15, 0.2) is 0 Å². The molecular weight excluding hydrogens is 268 g/mol. The number of carbonyl (C=O) groups is 2. The summed E-state index contributed by atoms with van der Waals surface area (Å²) in [5.41, 5.74) is -1.11. The van der Waals surface area contributed by atoms with Gasteiger partial charge in [0.1, 0.15) is 11.9 Å². The molecule has 4 heteroatoms. The van der Waals surface area contributed by atoms with Gasteiger partial charge in [-0.1, -0.05) is 19.4 Å². The van der Waals surface area contributed by atoms with Crippen LogP contribution < -0.4 is 0 Å². The average Bonchev–Trinajstić information content (AvgIpc) is 2.52. The van der Waals surface area contributed by atoms with Gasteiger partial charge in [0.25, 0.3) is 0 Å². The third-order valence-corrected chi connectivity index (χ3v) is 5.50. The van der Waals surface area contributed by atoms with E-state index in [0.717, 1.165) is 12.0 Å². The standard InChI is InChI=1S/C17H26O4/c1-10(2)13-9-14(19)16(5)15(21-12(4)18)8-11(3)6-7-17(13,16)20/h8,10,13,15,20H,6-7,9H2,1-5H3/t13-,15-,16-,17+/m1/s1. The first kappa shape index (κ1) is 16.2. The number of esters is 1. The molecule has 0 aromatic carbocycles. The van der Waals surface area contributed by atoms with Gasteiger partial charge in [-0.2, -0.15) is 0 Å². The minimum absolute atomic E-state index is 0.000833. The fraction of sp³-hybridized carbons (Fsp3) is 0.765. The summed E-state index contributed by atoms with van der Waals surface area (Å²) < 4.78 is 5.43. The van der Waals surface area contributed by atoms with E-state index in [1.165, 1.54) is 6.92 Å². The van der Waals surface area contributed by atoms with Crippen molar-refractivity contribution in [3.05, 3.63) is 11.6 Å². The predicted molar refractivity (Wildman–Crippen MR) is 79.6 cm³/mol. The highest BCUT2D eigenvalue weighted by atomic mass is 16.5. The molecule has 0 aromatic heterocycles. The van der Waals surface area contributed by atoms with E-state index in [0.29, 0.717) is 12.8 Å². The molecule has 0 aliphatic heterocycles. The molecule has 0 unspecified atom stereocenters. The normalized spacial score (nSPS) is 39.8. The van der Waals surface area contributed by atoms with Crippen LogP contribution in [0.2, 0.25) is 0 Å². The zero-order valence-corrected chi connectivity index (χ0v) is 13.6. The Morgan fingerprint density at radius 2 is 2.10 bits per heavy atom. The van der Waals surface area contributed by atoms with Gasteiger partial charge >= 0.3 is 5.97 Å². The van der Waals surface area contributed by atoms with Crippen LogP contribution in [0.1, 0.15) is 53.9 Å². The summed E-state index contributed by atoms with van der Waals surface area (Å²) in [4.78, 5) is 24.2. The Bertz CT molecular complexity index is 493. The molecule has 0 amide bonds. The SMILES string of the molecule is CC(=O)O[C@@H]1C=C(C)CC[C@]2(O)[C@@H](C(C)C)CC(=O)[C@]12C. The van der Waals surface area contributed by atoms with E-state index < -0.39 is 23.1 Å². The lowest BCUT2D eigenvalue weighted by Crippen LogP contribution is -2.56. The molecule has 4 atom stereocenters. The number of hydrogen-bond donors (Lipinski definition) is 1. The molecule has 0 radical (unpaired) electrons. The molecule has 21 heavy (non-hydrogen) atoms. The summed E-state index contributed by atoms with van der Waals surface area (Å²) in [6.07, 6.45) is 2.78. The Labute approximate surface area is 126 Å². The second kappa shape index (κ2) is 5.24. The van der Waals surface area contributed by atoms with Crippen molar-refractivity contribution in [1.29, 1.82) is 0 Å². The second-order valence-corrected chi connectivity index (χ2v) is 7.15. The van der Waals surface area contributed by atoms with Gasteiger partial charge in [0.2, 0.25) is 0 Å². The summed E-state index contributed by atoms with van der Waals surface area (Å²) >= 11 is 0. The van der Waals surface area contributed by atoms with Crippen LogP contribution >= 0.6 is 0 Å². The number of Topliss-reactive ketones (excluding diaryl/α,β-unsaturated/α-hetero) is 1. The molecule has 2 aliphatic rings. The third-order valence-electron chi connectivity index (χ3n) is 5.50.